The van der Waals surface area contributed by atoms with E-state index in [1.165, 1.54) is 22.5 Å². The van der Waals surface area contributed by atoms with Gasteiger partial charge in [-0.2, -0.15) is 17.5 Å². The highest BCUT2D eigenvalue weighted by molar-refractivity contribution is 7.90. The van der Waals surface area contributed by atoms with Gasteiger partial charge in [0, 0.05) is 36.8 Å². The van der Waals surface area contributed by atoms with Crippen LogP contribution in [0.3, 0.4) is 0 Å². The molecule has 3 rings (SSSR count). The summed E-state index contributed by atoms with van der Waals surface area (Å²) in [5.41, 5.74) is -2.94. The largest absolute Gasteiger partial charge is 0.421 e. The minimum absolute atomic E-state index is 0.0226. The predicted molar refractivity (Wildman–Crippen MR) is 142 cm³/mol. The van der Waals surface area contributed by atoms with Gasteiger partial charge < -0.3 is 10.0 Å². The molecule has 1 aliphatic heterocycles. The number of halogens is 3. The van der Waals surface area contributed by atoms with E-state index in [0.717, 1.165) is 12.1 Å². The van der Waals surface area contributed by atoms with Crippen molar-refractivity contribution in [3.05, 3.63) is 54.1 Å². The zero-order valence-corrected chi connectivity index (χ0v) is 23.7. The Morgan fingerprint density at radius 2 is 1.68 bits per heavy atom. The van der Waals surface area contributed by atoms with Crippen LogP contribution in [0.4, 0.5) is 18.9 Å². The Morgan fingerprint density at radius 1 is 1.08 bits per heavy atom. The number of alkyl halides is 3. The van der Waals surface area contributed by atoms with Crippen molar-refractivity contribution in [1.82, 2.24) is 9.03 Å². The molecule has 0 spiro atoms. The Balaban J connectivity index is 1.93. The van der Waals surface area contributed by atoms with E-state index in [2.05, 4.69) is 17.4 Å². The first-order valence-corrected chi connectivity index (χ1v) is 15.4. The molecule has 38 heavy (non-hydrogen) atoms. The average molecular weight is 596 g/mol. The second kappa shape index (κ2) is 11.3. The normalized spacial score (nSPS) is 20.2. The molecular formula is C24H32F3N3O5S3. The molecule has 14 heteroatoms. The lowest BCUT2D eigenvalue weighted by atomic mass is 9.95. The van der Waals surface area contributed by atoms with Crippen LogP contribution in [-0.2, 0) is 25.6 Å². The number of thiol groups is 1. The van der Waals surface area contributed by atoms with E-state index in [4.69, 9.17) is 0 Å². The average Bonchev–Trinajstić information content (AvgIpc) is 2.86. The first-order valence-electron chi connectivity index (χ1n) is 11.9. The van der Waals surface area contributed by atoms with Crippen molar-refractivity contribution in [3.63, 3.8) is 0 Å². The van der Waals surface area contributed by atoms with Crippen molar-refractivity contribution in [2.45, 2.75) is 60.1 Å². The quantitative estimate of drug-likeness (QED) is 0.384. The fourth-order valence-electron chi connectivity index (χ4n) is 4.09. The molecule has 1 fully saturated rings. The fraction of sp³-hybridized carbons (Fsp3) is 0.500. The highest BCUT2D eigenvalue weighted by Gasteiger charge is 2.51. The maximum atomic E-state index is 13.4. The number of rotatable bonds is 9. The van der Waals surface area contributed by atoms with Gasteiger partial charge in [0.1, 0.15) is 0 Å². The molecule has 0 aliphatic carbocycles. The number of nitrogens with zero attached hydrogens (tertiary/aromatic N) is 2. The predicted octanol–water partition coefficient (Wildman–Crippen LogP) is 3.34. The van der Waals surface area contributed by atoms with Crippen LogP contribution in [0.5, 0.6) is 0 Å². The summed E-state index contributed by atoms with van der Waals surface area (Å²) in [6, 6.07) is 10.7. The summed E-state index contributed by atoms with van der Waals surface area (Å²) >= 11 is 4.27. The van der Waals surface area contributed by atoms with Crippen molar-refractivity contribution >= 4 is 38.4 Å². The molecule has 0 unspecified atom stereocenters. The van der Waals surface area contributed by atoms with E-state index in [1.54, 1.807) is 36.9 Å². The summed E-state index contributed by atoms with van der Waals surface area (Å²) in [5.74, 6) is 0. The smallest absolute Gasteiger partial charge is 0.376 e. The SMILES string of the molecule is CC[C@H](C)S(=O)(=O)NC[C@H]1CN(S(=O)(=O)c2ccccc2S)CCN1c1ccc([C@@](C)(O)C(F)(F)F)cc1. The molecule has 0 amide bonds. The zero-order chi connectivity index (χ0) is 28.5. The number of piperazine rings is 1. The lowest BCUT2D eigenvalue weighted by Crippen LogP contribution is -2.58. The summed E-state index contributed by atoms with van der Waals surface area (Å²) in [6.45, 7) is 3.97. The third-order valence-corrected chi connectivity index (χ3v) is 11.3. The van der Waals surface area contributed by atoms with Gasteiger partial charge in [0.15, 0.2) is 5.60 Å². The first-order chi connectivity index (χ1) is 17.5. The summed E-state index contributed by atoms with van der Waals surface area (Å²) in [4.78, 5) is 2.05. The highest BCUT2D eigenvalue weighted by atomic mass is 32.2. The summed E-state index contributed by atoms with van der Waals surface area (Å²) < 4.78 is 95.7. The van der Waals surface area contributed by atoms with Gasteiger partial charge in [-0.05, 0) is 50.1 Å². The third-order valence-electron chi connectivity index (χ3n) is 6.87. The Bertz CT molecular complexity index is 1330. The summed E-state index contributed by atoms with van der Waals surface area (Å²) in [5, 5.41) is 9.32. The number of anilines is 1. The van der Waals surface area contributed by atoms with Crippen LogP contribution in [0.1, 0.15) is 32.8 Å². The standard InChI is InChI=1S/C24H32F3N3O5S3/c1-4-17(2)37(32,33)28-15-20-16-29(38(34,35)22-8-6-5-7-21(22)36)13-14-30(20)19-11-9-18(10-12-19)23(3,31)24(25,26)27/h5-12,17,20,28,31,36H,4,13-16H2,1-3H3/t17-,20-,23+/m0/s1. The molecule has 0 aromatic heterocycles. The van der Waals surface area contributed by atoms with E-state index in [0.29, 0.717) is 19.0 Å². The van der Waals surface area contributed by atoms with Gasteiger partial charge in [-0.25, -0.2) is 21.6 Å². The minimum Gasteiger partial charge on any atom is -0.376 e. The van der Waals surface area contributed by atoms with Crippen LogP contribution < -0.4 is 9.62 Å². The van der Waals surface area contributed by atoms with E-state index in [1.807, 2.05) is 0 Å². The Morgan fingerprint density at radius 3 is 2.24 bits per heavy atom. The Labute approximate surface area is 227 Å². The topological polar surface area (TPSA) is 107 Å². The molecule has 3 atom stereocenters. The van der Waals surface area contributed by atoms with Crippen molar-refractivity contribution in [3.8, 4) is 0 Å². The van der Waals surface area contributed by atoms with E-state index < -0.39 is 43.1 Å². The fourth-order valence-corrected chi connectivity index (χ4v) is 7.30. The van der Waals surface area contributed by atoms with Gasteiger partial charge in [-0.3, -0.25) is 0 Å². The molecule has 2 N–H and O–H groups in total. The molecule has 0 saturated carbocycles. The van der Waals surface area contributed by atoms with Crippen LogP contribution in [0.25, 0.3) is 0 Å². The van der Waals surface area contributed by atoms with Crippen molar-refractivity contribution in [2.24, 2.45) is 0 Å². The van der Waals surface area contributed by atoms with Crippen molar-refractivity contribution < 1.29 is 35.1 Å². The molecule has 212 valence electrons. The maximum absolute atomic E-state index is 13.4. The second-order valence-corrected chi connectivity index (χ2v) is 14.0. The van der Waals surface area contributed by atoms with Crippen LogP contribution >= 0.6 is 12.6 Å². The Hall–Kier alpha value is -1.84. The summed E-state index contributed by atoms with van der Waals surface area (Å²) in [6.07, 6.45) is -4.50. The van der Waals surface area contributed by atoms with E-state index >= 15 is 0 Å². The van der Waals surface area contributed by atoms with Crippen molar-refractivity contribution in [1.29, 1.82) is 0 Å². The van der Waals surface area contributed by atoms with E-state index in [9.17, 15) is 35.1 Å². The molecule has 1 heterocycles. The highest BCUT2D eigenvalue weighted by Crippen LogP contribution is 2.39. The van der Waals surface area contributed by atoms with Crippen molar-refractivity contribution in [2.75, 3.05) is 31.1 Å². The van der Waals surface area contributed by atoms with Gasteiger partial charge in [-0.15, -0.1) is 12.6 Å². The summed E-state index contributed by atoms with van der Waals surface area (Å²) in [7, 11) is -7.64. The molecule has 0 bridgehead atoms. The first kappa shape index (κ1) is 30.7. The zero-order valence-electron chi connectivity index (χ0n) is 21.2. The van der Waals surface area contributed by atoms with Gasteiger partial charge >= 0.3 is 6.18 Å². The molecule has 8 nitrogen and oxygen atoms in total. The number of aliphatic hydroxyl groups is 1. The maximum Gasteiger partial charge on any atom is 0.421 e. The monoisotopic (exact) mass is 595 g/mol. The molecular weight excluding hydrogens is 563 g/mol. The Kier molecular flexibility index (Phi) is 9.16. The van der Waals surface area contributed by atoms with Crippen LogP contribution in [0.15, 0.2) is 58.3 Å². The van der Waals surface area contributed by atoms with Crippen LogP contribution in [0, 0.1) is 0 Å². The van der Waals surface area contributed by atoms with Gasteiger partial charge in [0.2, 0.25) is 20.0 Å². The van der Waals surface area contributed by atoms with Gasteiger partial charge in [0.25, 0.3) is 0 Å². The molecule has 2 aromatic carbocycles. The number of sulfonamides is 2. The molecule has 1 aliphatic rings. The number of hydrogen-bond donors (Lipinski definition) is 3. The van der Waals surface area contributed by atoms with Crippen LogP contribution in [0.2, 0.25) is 0 Å². The molecule has 1 saturated heterocycles. The third kappa shape index (κ3) is 6.31. The molecule has 2 aromatic rings. The van der Waals surface area contributed by atoms with Gasteiger partial charge in [0.05, 0.1) is 16.2 Å². The van der Waals surface area contributed by atoms with E-state index in [-0.39, 0.29) is 41.5 Å². The second-order valence-electron chi connectivity index (χ2n) is 9.41. The van der Waals surface area contributed by atoms with Crippen LogP contribution in [-0.4, -0.2) is 69.9 Å². The van der Waals surface area contributed by atoms with Gasteiger partial charge in [-0.1, -0.05) is 31.2 Å². The lowest BCUT2D eigenvalue weighted by molar-refractivity contribution is -0.258. The molecule has 0 radical (unpaired) electrons. The number of hydrogen-bond acceptors (Lipinski definition) is 7. The number of nitrogens with one attached hydrogen (secondary N) is 1. The lowest BCUT2D eigenvalue weighted by Gasteiger charge is -2.42. The minimum atomic E-state index is -4.88. The number of benzene rings is 2.